The first-order valence-electron chi connectivity index (χ1n) is 12.4. The molecule has 0 fully saturated rings. The van der Waals surface area contributed by atoms with E-state index in [1.54, 1.807) is 24.3 Å². The molecule has 8 heteroatoms. The van der Waals surface area contributed by atoms with Crippen LogP contribution < -0.4 is 34.9 Å². The molecule has 0 aliphatic rings. The van der Waals surface area contributed by atoms with Gasteiger partial charge in [-0.25, -0.2) is 4.79 Å². The molecule has 0 spiro atoms. The molecular formula is C25H44NNaO5S. The molecule has 1 aromatic rings. The van der Waals surface area contributed by atoms with Gasteiger partial charge in [0.1, 0.15) is 0 Å². The van der Waals surface area contributed by atoms with Crippen LogP contribution in [0.1, 0.15) is 116 Å². The summed E-state index contributed by atoms with van der Waals surface area (Å²) in [5, 5.41) is 3.33. The summed E-state index contributed by atoms with van der Waals surface area (Å²) >= 11 is 0. The van der Waals surface area contributed by atoms with Gasteiger partial charge in [-0.15, -0.1) is 0 Å². The van der Waals surface area contributed by atoms with Crippen LogP contribution in [0.4, 0.5) is 5.69 Å². The van der Waals surface area contributed by atoms with Crippen LogP contribution in [0, 0.1) is 0 Å². The predicted molar refractivity (Wildman–Crippen MR) is 133 cm³/mol. The summed E-state index contributed by atoms with van der Waals surface area (Å²) in [6.07, 6.45) is 18.7. The van der Waals surface area contributed by atoms with Gasteiger partial charge in [-0.1, -0.05) is 90.4 Å². The summed E-state index contributed by atoms with van der Waals surface area (Å²) < 4.78 is 35.5. The van der Waals surface area contributed by atoms with Gasteiger partial charge in [0.15, 0.2) is 0 Å². The van der Waals surface area contributed by atoms with Crippen molar-refractivity contribution in [1.82, 2.24) is 0 Å². The molecule has 1 aromatic carbocycles. The van der Waals surface area contributed by atoms with Crippen molar-refractivity contribution in [2.24, 2.45) is 0 Å². The first-order valence-corrected chi connectivity index (χ1v) is 13.9. The van der Waals surface area contributed by atoms with Gasteiger partial charge in [0.2, 0.25) is 5.44 Å². The summed E-state index contributed by atoms with van der Waals surface area (Å²) in [4.78, 5) is 11.9. The molecule has 0 aromatic heterocycles. The van der Waals surface area contributed by atoms with E-state index in [0.717, 1.165) is 25.6 Å². The third-order valence-electron chi connectivity index (χ3n) is 5.67. The van der Waals surface area contributed by atoms with E-state index in [9.17, 15) is 13.2 Å². The number of ether oxygens (including phenoxy) is 1. The molecule has 33 heavy (non-hydrogen) atoms. The number of hydrogen-bond donors (Lipinski definition) is 2. The van der Waals surface area contributed by atoms with Crippen molar-refractivity contribution >= 4 is 21.8 Å². The topological polar surface area (TPSA) is 92.7 Å². The van der Waals surface area contributed by atoms with Gasteiger partial charge in [0.25, 0.3) is 0 Å². The second-order valence-electron chi connectivity index (χ2n) is 8.59. The van der Waals surface area contributed by atoms with Crippen molar-refractivity contribution in [1.29, 1.82) is 0 Å². The van der Waals surface area contributed by atoms with Gasteiger partial charge in [0.05, 0.1) is 5.56 Å². The molecule has 1 atom stereocenters. The normalized spacial score (nSPS) is 12.1. The third kappa shape index (κ3) is 16.6. The zero-order chi connectivity index (χ0) is 23.7. The number of benzene rings is 1. The first kappa shape index (κ1) is 32.4. The fourth-order valence-corrected chi connectivity index (χ4v) is 3.77. The molecule has 2 N–H and O–H groups in total. The fraction of sp³-hybridized carbons (Fsp3) is 0.720. The van der Waals surface area contributed by atoms with Crippen LogP contribution in [0.3, 0.4) is 0 Å². The van der Waals surface area contributed by atoms with E-state index in [1.165, 1.54) is 83.5 Å². The Bertz CT molecular complexity index is 731. The molecule has 1 unspecified atom stereocenters. The number of carbonyl (C=O) groups is 1. The van der Waals surface area contributed by atoms with E-state index in [2.05, 4.69) is 12.2 Å². The standard InChI is InChI=1S/C25H43NO5S.Na.H/c1-3-4-5-6-7-8-9-10-11-12-13-14-15-16-21-26-24-19-17-23(18-20-24)25(27)31-22(2)32(28,29)30;;/h17-20,22,26H,3-16,21H2,1-2H3,(H,28,29,30);;/q;+1;-1. The summed E-state index contributed by atoms with van der Waals surface area (Å²) in [6.45, 7) is 4.25. The van der Waals surface area contributed by atoms with Crippen molar-refractivity contribution in [3.05, 3.63) is 29.8 Å². The molecular weight excluding hydrogens is 449 g/mol. The molecule has 0 aliphatic carbocycles. The average Bonchev–Trinajstić information content (AvgIpc) is 2.76. The Labute approximate surface area is 225 Å². The van der Waals surface area contributed by atoms with E-state index in [1.807, 2.05) is 0 Å². The van der Waals surface area contributed by atoms with Gasteiger partial charge >= 0.3 is 45.6 Å². The largest absolute Gasteiger partial charge is 1.00 e. The van der Waals surface area contributed by atoms with Crippen LogP contribution in [0.25, 0.3) is 0 Å². The average molecular weight is 494 g/mol. The van der Waals surface area contributed by atoms with Crippen LogP contribution in [-0.2, 0) is 14.9 Å². The van der Waals surface area contributed by atoms with Crippen LogP contribution in [0.15, 0.2) is 24.3 Å². The van der Waals surface area contributed by atoms with E-state index in [4.69, 9.17) is 9.29 Å². The number of esters is 1. The molecule has 0 aliphatic heterocycles. The smallest absolute Gasteiger partial charge is 1.00 e. The zero-order valence-electron chi connectivity index (χ0n) is 22.0. The quantitative estimate of drug-likeness (QED) is 0.131. The Morgan fingerprint density at radius 1 is 0.879 bits per heavy atom. The third-order valence-corrected chi connectivity index (χ3v) is 6.61. The minimum atomic E-state index is -4.40. The maximum atomic E-state index is 11.9. The van der Waals surface area contributed by atoms with Crippen LogP contribution in [0.5, 0.6) is 0 Å². The second kappa shape index (κ2) is 19.7. The zero-order valence-corrected chi connectivity index (χ0v) is 23.8. The van der Waals surface area contributed by atoms with Gasteiger partial charge in [-0.2, -0.15) is 8.42 Å². The number of nitrogens with one attached hydrogen (secondary N) is 1. The fourth-order valence-electron chi connectivity index (χ4n) is 3.56. The predicted octanol–water partition coefficient (Wildman–Crippen LogP) is 4.09. The van der Waals surface area contributed by atoms with Gasteiger partial charge in [0, 0.05) is 12.2 Å². The molecule has 0 saturated carbocycles. The maximum absolute atomic E-state index is 11.9. The first-order chi connectivity index (χ1) is 15.3. The minimum absolute atomic E-state index is 0. The van der Waals surface area contributed by atoms with Crippen LogP contribution >= 0.6 is 0 Å². The summed E-state index contributed by atoms with van der Waals surface area (Å²) in [5.41, 5.74) is -0.449. The van der Waals surface area contributed by atoms with Crippen molar-refractivity contribution in [3.63, 3.8) is 0 Å². The van der Waals surface area contributed by atoms with E-state index in [-0.39, 0.29) is 36.5 Å². The Morgan fingerprint density at radius 2 is 1.30 bits per heavy atom. The van der Waals surface area contributed by atoms with Gasteiger partial charge in [-0.05, 0) is 37.6 Å². The molecule has 1 rings (SSSR count). The van der Waals surface area contributed by atoms with Crippen molar-refractivity contribution in [2.45, 2.75) is 109 Å². The van der Waals surface area contributed by atoms with Crippen molar-refractivity contribution < 1.29 is 53.5 Å². The van der Waals surface area contributed by atoms with E-state index in [0.29, 0.717) is 0 Å². The van der Waals surface area contributed by atoms with E-state index >= 15 is 0 Å². The summed E-state index contributed by atoms with van der Waals surface area (Å²) in [7, 11) is -4.40. The number of rotatable bonds is 19. The Morgan fingerprint density at radius 3 is 1.73 bits per heavy atom. The number of anilines is 1. The maximum Gasteiger partial charge on any atom is 1.00 e. The molecule has 0 amide bonds. The number of hydrogen-bond acceptors (Lipinski definition) is 5. The Hall–Kier alpha value is -0.600. The SMILES string of the molecule is CCCCCCCCCCCCCCCCNc1ccc(C(=O)OC(C)S(=O)(=O)O)cc1.[H-].[Na+]. The van der Waals surface area contributed by atoms with Crippen LogP contribution in [-0.4, -0.2) is 30.9 Å². The molecule has 0 bridgehead atoms. The summed E-state index contributed by atoms with van der Waals surface area (Å²) in [6, 6.07) is 6.68. The second-order valence-corrected chi connectivity index (χ2v) is 10.3. The Balaban J connectivity index is 0. The van der Waals surface area contributed by atoms with Gasteiger partial charge in [-0.3, -0.25) is 4.55 Å². The summed E-state index contributed by atoms with van der Waals surface area (Å²) in [5.74, 6) is -0.784. The molecule has 0 saturated heterocycles. The molecule has 0 radical (unpaired) electrons. The van der Waals surface area contributed by atoms with Crippen LogP contribution in [0.2, 0.25) is 0 Å². The van der Waals surface area contributed by atoms with Gasteiger partial charge < -0.3 is 11.5 Å². The Kier molecular flexibility index (Phi) is 19.3. The molecule has 0 heterocycles. The van der Waals surface area contributed by atoms with E-state index < -0.39 is 21.5 Å². The van der Waals surface area contributed by atoms with Crippen molar-refractivity contribution in [2.75, 3.05) is 11.9 Å². The monoisotopic (exact) mass is 493 g/mol. The minimum Gasteiger partial charge on any atom is -1.00 e. The number of carbonyl (C=O) groups excluding carboxylic acids is 1. The molecule has 186 valence electrons. The number of unbranched alkanes of at least 4 members (excludes halogenated alkanes) is 13. The van der Waals surface area contributed by atoms with Crippen molar-refractivity contribution in [3.8, 4) is 0 Å². The molecule has 6 nitrogen and oxygen atoms in total.